The Bertz CT molecular complexity index is 599. The van der Waals surface area contributed by atoms with Crippen LogP contribution in [-0.4, -0.2) is 57.4 Å². The van der Waals surface area contributed by atoms with E-state index in [1.807, 2.05) is 13.8 Å². The van der Waals surface area contributed by atoms with Crippen molar-refractivity contribution in [3.63, 3.8) is 0 Å². The Hall–Kier alpha value is -1.30. The third-order valence-electron chi connectivity index (χ3n) is 3.57. The second kappa shape index (κ2) is 12.2. The van der Waals surface area contributed by atoms with Crippen molar-refractivity contribution >= 4 is 29.9 Å². The van der Waals surface area contributed by atoms with Crippen molar-refractivity contribution in [2.24, 2.45) is 4.99 Å². The molecule has 0 aliphatic rings. The first kappa shape index (κ1) is 25.7. The Labute approximate surface area is 174 Å². The van der Waals surface area contributed by atoms with Gasteiger partial charge in [0.2, 0.25) is 0 Å². The van der Waals surface area contributed by atoms with Crippen LogP contribution in [0.5, 0.6) is 5.75 Å². The molecule has 0 bridgehead atoms. The zero-order valence-electron chi connectivity index (χ0n) is 15.9. The van der Waals surface area contributed by atoms with Crippen LogP contribution in [0.2, 0.25) is 0 Å². The van der Waals surface area contributed by atoms with Crippen LogP contribution >= 0.6 is 24.0 Å². The van der Waals surface area contributed by atoms with Crippen LogP contribution in [0.4, 0.5) is 17.6 Å². The van der Waals surface area contributed by atoms with E-state index in [4.69, 9.17) is 4.74 Å². The van der Waals surface area contributed by atoms with Gasteiger partial charge in [-0.2, -0.15) is 13.2 Å². The molecular weight excluding hydrogens is 479 g/mol. The van der Waals surface area contributed by atoms with E-state index in [1.54, 1.807) is 12.1 Å². The van der Waals surface area contributed by atoms with Crippen molar-refractivity contribution in [2.75, 3.05) is 40.3 Å². The topological polar surface area (TPSA) is 48.9 Å². The van der Waals surface area contributed by atoms with Crippen molar-refractivity contribution in [1.82, 2.24) is 15.5 Å². The zero-order chi connectivity index (χ0) is 19.7. The minimum absolute atomic E-state index is 0. The largest absolute Gasteiger partial charge is 0.494 e. The number of ether oxygens (including phenoxy) is 1. The lowest BCUT2D eigenvalue weighted by Crippen LogP contribution is -2.39. The lowest BCUT2D eigenvalue weighted by atomic mass is 10.1. The second-order valence-electron chi connectivity index (χ2n) is 5.87. The molecule has 0 fully saturated rings. The molecule has 2 N–H and O–H groups in total. The minimum Gasteiger partial charge on any atom is -0.494 e. The predicted molar refractivity (Wildman–Crippen MR) is 109 cm³/mol. The molecule has 0 saturated heterocycles. The summed E-state index contributed by atoms with van der Waals surface area (Å²) in [6.45, 7) is 3.70. The van der Waals surface area contributed by atoms with Crippen LogP contribution in [0.25, 0.3) is 0 Å². The number of methoxy groups -OCH3 is 1. The lowest BCUT2D eigenvalue weighted by Gasteiger charge is -2.20. The molecule has 1 rings (SSSR count). The van der Waals surface area contributed by atoms with Crippen molar-refractivity contribution in [1.29, 1.82) is 0 Å². The maximum atomic E-state index is 13.8. The van der Waals surface area contributed by atoms with Crippen LogP contribution < -0.4 is 15.4 Å². The molecule has 1 aromatic rings. The number of halogens is 5. The fourth-order valence-corrected chi connectivity index (χ4v) is 2.28. The third-order valence-corrected chi connectivity index (χ3v) is 3.57. The molecule has 27 heavy (non-hydrogen) atoms. The van der Waals surface area contributed by atoms with Gasteiger partial charge >= 0.3 is 6.18 Å². The quantitative estimate of drug-likeness (QED) is 0.245. The average Bonchev–Trinajstić information content (AvgIpc) is 2.53. The molecule has 0 amide bonds. The number of likely N-dealkylation sites (N-methyl/N-ethyl adjacent to an activating group) is 1. The highest BCUT2D eigenvalue weighted by molar-refractivity contribution is 14.0. The fraction of sp³-hybridized carbons (Fsp3) is 0.588. The number of benzene rings is 1. The SMILES string of the molecule is CCNC(=NCCN(C)CC(F)(F)F)NC(C)c1ccc(OC)c(F)c1.I. The summed E-state index contributed by atoms with van der Waals surface area (Å²) in [5.41, 5.74) is 0.697. The van der Waals surface area contributed by atoms with E-state index < -0.39 is 18.5 Å². The summed E-state index contributed by atoms with van der Waals surface area (Å²) in [6, 6.07) is 4.40. The molecule has 5 nitrogen and oxygen atoms in total. The molecule has 0 aliphatic carbocycles. The number of nitrogens with one attached hydrogen (secondary N) is 2. The minimum atomic E-state index is -4.23. The van der Waals surface area contributed by atoms with E-state index in [0.29, 0.717) is 18.1 Å². The Morgan fingerprint density at radius 1 is 1.33 bits per heavy atom. The second-order valence-corrected chi connectivity index (χ2v) is 5.87. The Balaban J connectivity index is 0.00000676. The fourth-order valence-electron chi connectivity index (χ4n) is 2.28. The van der Waals surface area contributed by atoms with E-state index in [9.17, 15) is 17.6 Å². The molecule has 0 radical (unpaired) electrons. The van der Waals surface area contributed by atoms with Crippen LogP contribution in [0.1, 0.15) is 25.5 Å². The number of nitrogens with zero attached hydrogens (tertiary/aromatic N) is 2. The first-order valence-corrected chi connectivity index (χ1v) is 8.29. The molecule has 1 aromatic carbocycles. The molecule has 1 unspecified atom stereocenters. The van der Waals surface area contributed by atoms with E-state index >= 15 is 0 Å². The molecule has 0 aliphatic heterocycles. The molecule has 0 aromatic heterocycles. The van der Waals surface area contributed by atoms with Gasteiger partial charge in [-0.25, -0.2) is 4.39 Å². The highest BCUT2D eigenvalue weighted by Gasteiger charge is 2.28. The summed E-state index contributed by atoms with van der Waals surface area (Å²) >= 11 is 0. The molecule has 0 heterocycles. The van der Waals surface area contributed by atoms with Crippen LogP contribution in [0.15, 0.2) is 23.2 Å². The molecule has 10 heteroatoms. The summed E-state index contributed by atoms with van der Waals surface area (Å²) in [5.74, 6) is 0.153. The summed E-state index contributed by atoms with van der Waals surface area (Å²) in [4.78, 5) is 5.43. The highest BCUT2D eigenvalue weighted by Crippen LogP contribution is 2.21. The highest BCUT2D eigenvalue weighted by atomic mass is 127. The predicted octanol–water partition coefficient (Wildman–Crippen LogP) is 3.56. The monoisotopic (exact) mass is 506 g/mol. The first-order chi connectivity index (χ1) is 12.2. The Morgan fingerprint density at radius 2 is 2.00 bits per heavy atom. The van der Waals surface area contributed by atoms with Crippen molar-refractivity contribution < 1.29 is 22.3 Å². The molecule has 1 atom stereocenters. The number of rotatable bonds is 8. The standard InChI is InChI=1S/C17H26F4N4O.HI/c1-5-22-16(23-8-9-25(3)11-17(19,20)21)24-12(2)13-6-7-15(26-4)14(18)10-13;/h6-7,10,12H,5,8-9,11H2,1-4H3,(H2,22,23,24);1H. The van der Waals surface area contributed by atoms with E-state index in [-0.39, 0.29) is 48.9 Å². The zero-order valence-corrected chi connectivity index (χ0v) is 18.2. The van der Waals surface area contributed by atoms with E-state index in [2.05, 4.69) is 15.6 Å². The van der Waals surface area contributed by atoms with Gasteiger partial charge in [0.25, 0.3) is 0 Å². The Kier molecular flexibility index (Phi) is 11.6. The molecule has 0 spiro atoms. The van der Waals surface area contributed by atoms with Gasteiger partial charge in [-0.1, -0.05) is 6.07 Å². The van der Waals surface area contributed by atoms with Crippen molar-refractivity contribution in [2.45, 2.75) is 26.1 Å². The number of guanidine groups is 1. The first-order valence-electron chi connectivity index (χ1n) is 8.29. The summed E-state index contributed by atoms with van der Waals surface area (Å²) in [7, 11) is 2.79. The van der Waals surface area contributed by atoms with Gasteiger partial charge in [0.1, 0.15) is 0 Å². The number of aliphatic imine (C=N–C) groups is 1. The van der Waals surface area contributed by atoms with Crippen molar-refractivity contribution in [3.8, 4) is 5.75 Å². The van der Waals surface area contributed by atoms with E-state index in [1.165, 1.54) is 20.2 Å². The smallest absolute Gasteiger partial charge is 0.401 e. The molecule has 0 saturated carbocycles. The summed E-state index contributed by atoms with van der Waals surface area (Å²) in [6.07, 6.45) is -4.23. The van der Waals surface area contributed by atoms with Gasteiger partial charge in [-0.3, -0.25) is 9.89 Å². The third kappa shape index (κ3) is 9.99. The lowest BCUT2D eigenvalue weighted by molar-refractivity contribution is -0.142. The Morgan fingerprint density at radius 3 is 2.52 bits per heavy atom. The van der Waals surface area contributed by atoms with Gasteiger partial charge in [0, 0.05) is 13.1 Å². The van der Waals surface area contributed by atoms with E-state index in [0.717, 1.165) is 4.90 Å². The number of hydrogen-bond acceptors (Lipinski definition) is 3. The van der Waals surface area contributed by atoms with Gasteiger partial charge < -0.3 is 15.4 Å². The van der Waals surface area contributed by atoms with Gasteiger partial charge in [0.15, 0.2) is 17.5 Å². The van der Waals surface area contributed by atoms with Gasteiger partial charge in [-0.05, 0) is 38.6 Å². The number of hydrogen-bond donors (Lipinski definition) is 2. The molecular formula is C17H27F4IN4O. The summed E-state index contributed by atoms with van der Waals surface area (Å²) in [5, 5.41) is 6.13. The van der Waals surface area contributed by atoms with Gasteiger partial charge in [0.05, 0.1) is 26.2 Å². The summed E-state index contributed by atoms with van der Waals surface area (Å²) < 4.78 is 55.7. The van der Waals surface area contributed by atoms with Gasteiger partial charge in [-0.15, -0.1) is 24.0 Å². The molecule has 156 valence electrons. The normalized spacial score (nSPS) is 13.1. The van der Waals surface area contributed by atoms with Crippen LogP contribution in [0.3, 0.4) is 0 Å². The average molecular weight is 506 g/mol. The van der Waals surface area contributed by atoms with Crippen LogP contribution in [0, 0.1) is 5.82 Å². The van der Waals surface area contributed by atoms with Crippen LogP contribution in [-0.2, 0) is 0 Å². The maximum Gasteiger partial charge on any atom is 0.401 e. The van der Waals surface area contributed by atoms with Crippen molar-refractivity contribution in [3.05, 3.63) is 29.6 Å². The number of alkyl halides is 3. The maximum absolute atomic E-state index is 13.8.